The van der Waals surface area contributed by atoms with Gasteiger partial charge >= 0.3 is 0 Å². The van der Waals surface area contributed by atoms with Gasteiger partial charge in [0.15, 0.2) is 0 Å². The van der Waals surface area contributed by atoms with E-state index in [4.69, 9.17) is 0 Å². The van der Waals surface area contributed by atoms with Crippen molar-refractivity contribution < 1.29 is 19.4 Å². The number of nitro groups is 2. The number of amides is 2. The van der Waals surface area contributed by atoms with Crippen molar-refractivity contribution >= 4 is 34.6 Å². The van der Waals surface area contributed by atoms with Gasteiger partial charge in [-0.25, -0.2) is 0 Å². The summed E-state index contributed by atoms with van der Waals surface area (Å²) >= 11 is 0. The lowest BCUT2D eigenvalue weighted by Crippen LogP contribution is -2.43. The van der Waals surface area contributed by atoms with Gasteiger partial charge in [0, 0.05) is 48.7 Å². The fraction of sp³-hybridized carbons (Fsp3) is 0.235. The molecule has 0 saturated carbocycles. The number of rotatable bonds is 11. The topological polar surface area (TPSA) is 151 Å². The second-order valence-corrected chi connectivity index (χ2v) is 11.3. The highest BCUT2D eigenvalue weighted by Gasteiger charge is 2.34. The van der Waals surface area contributed by atoms with Crippen LogP contribution >= 0.6 is 0 Å². The molecule has 2 aliphatic rings. The van der Waals surface area contributed by atoms with E-state index in [1.54, 1.807) is 46.2 Å². The molecule has 2 N–H and O–H groups in total. The van der Waals surface area contributed by atoms with Crippen molar-refractivity contribution in [3.8, 4) is 0 Å². The highest BCUT2D eigenvalue weighted by atomic mass is 16.6. The lowest BCUT2D eigenvalue weighted by Gasteiger charge is -2.38. The fourth-order valence-corrected chi connectivity index (χ4v) is 6.05. The van der Waals surface area contributed by atoms with Gasteiger partial charge in [-0.1, -0.05) is 37.1 Å². The van der Waals surface area contributed by atoms with Gasteiger partial charge in [0.1, 0.15) is 12.3 Å². The van der Waals surface area contributed by atoms with E-state index in [-0.39, 0.29) is 23.2 Å². The number of nitro benzene ring substituents is 2. The van der Waals surface area contributed by atoms with Crippen LogP contribution in [0.25, 0.3) is 0 Å². The number of nitrogens with zero attached hydrogens (tertiary/aromatic N) is 4. The van der Waals surface area contributed by atoms with Crippen molar-refractivity contribution in [1.29, 1.82) is 0 Å². The van der Waals surface area contributed by atoms with Gasteiger partial charge in [0.2, 0.25) is 0 Å². The van der Waals surface area contributed by atoms with Crippen molar-refractivity contribution in [3.63, 3.8) is 0 Å². The Labute approximate surface area is 264 Å². The molecule has 0 aliphatic carbocycles. The number of nitrogens with one attached hydrogen (secondary N) is 2. The minimum Gasteiger partial charge on any atom is -0.361 e. The van der Waals surface area contributed by atoms with Crippen molar-refractivity contribution in [3.05, 3.63) is 140 Å². The first kappa shape index (κ1) is 30.3. The quantitative estimate of drug-likeness (QED) is 0.104. The Morgan fingerprint density at radius 3 is 1.28 bits per heavy atom. The van der Waals surface area contributed by atoms with E-state index in [2.05, 4.69) is 10.6 Å². The van der Waals surface area contributed by atoms with Gasteiger partial charge in [-0.2, -0.15) is 0 Å². The maximum absolute atomic E-state index is 13.6. The molecule has 2 amide bonds. The van der Waals surface area contributed by atoms with Gasteiger partial charge < -0.3 is 20.4 Å². The lowest BCUT2D eigenvalue weighted by atomic mass is 10.0. The second kappa shape index (κ2) is 13.1. The summed E-state index contributed by atoms with van der Waals surface area (Å²) in [5.74, 6) is -0.209. The van der Waals surface area contributed by atoms with E-state index in [1.165, 1.54) is 24.3 Å². The van der Waals surface area contributed by atoms with Crippen LogP contribution in [0.2, 0.25) is 0 Å². The summed E-state index contributed by atoms with van der Waals surface area (Å²) in [5, 5.41) is 29.2. The minimum absolute atomic E-state index is 0.0143. The Morgan fingerprint density at radius 2 is 0.913 bits per heavy atom. The minimum atomic E-state index is -0.470. The fourth-order valence-electron chi connectivity index (χ4n) is 6.05. The third-order valence-electron chi connectivity index (χ3n) is 8.43. The van der Waals surface area contributed by atoms with Crippen molar-refractivity contribution in [2.24, 2.45) is 0 Å². The number of carbonyl (C=O) groups is 2. The number of unbranched alkanes of at least 4 members (excludes halogenated alkanes) is 3. The zero-order valence-corrected chi connectivity index (χ0v) is 24.9. The Hall–Kier alpha value is -5.78. The molecule has 2 aliphatic heterocycles. The molecule has 0 spiro atoms. The molecule has 2 heterocycles. The molecule has 4 aromatic rings. The number of non-ortho nitro benzene ring substituents is 2. The van der Waals surface area contributed by atoms with E-state index in [0.29, 0.717) is 24.2 Å². The summed E-state index contributed by atoms with van der Waals surface area (Å²) in [6, 6.07) is 27.1. The molecule has 2 unspecified atom stereocenters. The van der Waals surface area contributed by atoms with E-state index in [1.807, 2.05) is 36.4 Å². The Balaban J connectivity index is 1.10. The smallest absolute Gasteiger partial charge is 0.269 e. The molecule has 12 nitrogen and oxygen atoms in total. The van der Waals surface area contributed by atoms with Gasteiger partial charge in [-0.15, -0.1) is 0 Å². The standard InChI is InChI=1S/C34H32N6O6/c41-33-27-9-3-5-11-29(27)35-31(23-13-17-25(18-14-23)39(43)44)37(33)21-7-1-2-8-22-38-32(24-15-19-26(20-16-24)40(45)46)36-30-12-6-4-10-28(30)34(38)42/h3-6,9-20,31-32,35-36H,1-2,7-8,21-22H2. The predicted octanol–water partition coefficient (Wildman–Crippen LogP) is 6.90. The Bertz CT molecular complexity index is 1650. The van der Waals surface area contributed by atoms with E-state index in [9.17, 15) is 29.8 Å². The molecular weight excluding hydrogens is 588 g/mol. The van der Waals surface area contributed by atoms with Crippen LogP contribution in [0.1, 0.15) is 69.9 Å². The largest absolute Gasteiger partial charge is 0.361 e. The summed E-state index contributed by atoms with van der Waals surface area (Å²) in [6.45, 7) is 0.954. The van der Waals surface area contributed by atoms with Gasteiger partial charge in [0.25, 0.3) is 23.2 Å². The molecule has 234 valence electrons. The summed E-state index contributed by atoms with van der Waals surface area (Å²) in [4.78, 5) is 52.1. The van der Waals surface area contributed by atoms with Crippen LogP contribution in [0.3, 0.4) is 0 Å². The molecule has 0 saturated heterocycles. The summed E-state index contributed by atoms with van der Waals surface area (Å²) < 4.78 is 0. The first-order valence-electron chi connectivity index (χ1n) is 15.1. The average Bonchev–Trinajstić information content (AvgIpc) is 3.08. The number of hydrogen-bond donors (Lipinski definition) is 2. The van der Waals surface area contributed by atoms with Crippen LogP contribution in [-0.4, -0.2) is 44.6 Å². The number of fused-ring (bicyclic) bond motifs is 2. The Morgan fingerprint density at radius 1 is 0.543 bits per heavy atom. The number of benzene rings is 4. The molecule has 0 radical (unpaired) electrons. The highest BCUT2D eigenvalue weighted by Crippen LogP contribution is 2.35. The van der Waals surface area contributed by atoms with Crippen LogP contribution in [0.15, 0.2) is 97.1 Å². The van der Waals surface area contributed by atoms with Crippen molar-refractivity contribution in [2.45, 2.75) is 38.0 Å². The summed E-state index contributed by atoms with van der Waals surface area (Å²) in [5.41, 5.74) is 4.07. The van der Waals surface area contributed by atoms with Crippen molar-refractivity contribution in [2.75, 3.05) is 23.7 Å². The molecular formula is C34H32N6O6. The van der Waals surface area contributed by atoms with Crippen LogP contribution < -0.4 is 10.6 Å². The predicted molar refractivity (Wildman–Crippen MR) is 172 cm³/mol. The van der Waals surface area contributed by atoms with Gasteiger partial charge in [-0.3, -0.25) is 29.8 Å². The molecule has 2 atom stereocenters. The number of carbonyl (C=O) groups excluding carboxylic acids is 2. The first-order chi connectivity index (χ1) is 22.3. The SMILES string of the molecule is O=C1c2ccccc2NC(c2ccc([N+](=O)[O-])cc2)N1CCCCCCN1C(=O)c2ccccc2NC1c1ccc([N+](=O)[O-])cc1. The summed E-state index contributed by atoms with van der Waals surface area (Å²) in [7, 11) is 0. The number of hydrogen-bond acceptors (Lipinski definition) is 8. The van der Waals surface area contributed by atoms with E-state index >= 15 is 0 Å². The van der Waals surface area contributed by atoms with Crippen LogP contribution in [0.5, 0.6) is 0 Å². The number of para-hydroxylation sites is 2. The van der Waals surface area contributed by atoms with E-state index < -0.39 is 22.2 Å². The monoisotopic (exact) mass is 620 g/mol. The molecule has 0 aromatic heterocycles. The first-order valence-corrected chi connectivity index (χ1v) is 15.1. The molecule has 6 rings (SSSR count). The summed E-state index contributed by atoms with van der Waals surface area (Å²) in [6.07, 6.45) is 2.13. The maximum Gasteiger partial charge on any atom is 0.269 e. The lowest BCUT2D eigenvalue weighted by molar-refractivity contribution is -0.385. The molecule has 4 aromatic carbocycles. The average molecular weight is 621 g/mol. The zero-order valence-electron chi connectivity index (χ0n) is 24.9. The number of anilines is 2. The van der Waals surface area contributed by atoms with Crippen molar-refractivity contribution in [1.82, 2.24) is 9.80 Å². The second-order valence-electron chi connectivity index (χ2n) is 11.3. The van der Waals surface area contributed by atoms with Gasteiger partial charge in [0.05, 0.1) is 21.0 Å². The molecule has 12 heteroatoms. The highest BCUT2D eigenvalue weighted by molar-refractivity contribution is 6.02. The molecule has 0 fully saturated rings. The Kier molecular flexibility index (Phi) is 8.59. The van der Waals surface area contributed by atoms with E-state index in [0.717, 1.165) is 48.2 Å². The molecule has 0 bridgehead atoms. The zero-order chi connectivity index (χ0) is 32.2. The maximum atomic E-state index is 13.6. The normalized spacial score (nSPS) is 17.0. The van der Waals surface area contributed by atoms with Crippen LogP contribution in [0, 0.1) is 20.2 Å². The third-order valence-corrected chi connectivity index (χ3v) is 8.43. The van der Waals surface area contributed by atoms with Gasteiger partial charge in [-0.05, 0) is 72.5 Å². The third kappa shape index (κ3) is 6.09. The van der Waals surface area contributed by atoms with Crippen LogP contribution in [-0.2, 0) is 0 Å². The van der Waals surface area contributed by atoms with Crippen LogP contribution in [0.4, 0.5) is 22.7 Å². The molecule has 46 heavy (non-hydrogen) atoms.